The summed E-state index contributed by atoms with van der Waals surface area (Å²) in [7, 11) is 0. The second kappa shape index (κ2) is 4.66. The largest absolute Gasteiger partial charge is 0.370 e. The number of carbonyl (C=O) groups is 1. The Hall–Kier alpha value is -1.35. The van der Waals surface area contributed by atoms with E-state index in [0.717, 1.165) is 5.69 Å². The van der Waals surface area contributed by atoms with Crippen LogP contribution >= 0.6 is 0 Å². The summed E-state index contributed by atoms with van der Waals surface area (Å²) < 4.78 is 5.10. The van der Waals surface area contributed by atoms with Gasteiger partial charge in [0.15, 0.2) is 0 Å². The molecule has 1 aromatic carbocycles. The molecule has 3 nitrogen and oxygen atoms in total. The molecule has 86 valence electrons. The molecular formula is C13H17NO2. The van der Waals surface area contributed by atoms with Gasteiger partial charge < -0.3 is 9.64 Å². The van der Waals surface area contributed by atoms with E-state index in [0.29, 0.717) is 19.1 Å². The first-order valence-electron chi connectivity index (χ1n) is 5.66. The van der Waals surface area contributed by atoms with Crippen LogP contribution in [0, 0.1) is 0 Å². The van der Waals surface area contributed by atoms with E-state index in [1.807, 2.05) is 12.1 Å². The Kier molecular flexibility index (Phi) is 3.25. The summed E-state index contributed by atoms with van der Waals surface area (Å²) in [5, 5.41) is 0. The van der Waals surface area contributed by atoms with Crippen molar-refractivity contribution in [2.75, 3.05) is 24.7 Å². The molecule has 1 fully saturated rings. The van der Waals surface area contributed by atoms with Crippen molar-refractivity contribution in [2.45, 2.75) is 19.8 Å². The smallest absolute Gasteiger partial charge is 0.253 e. The van der Waals surface area contributed by atoms with E-state index in [9.17, 15) is 4.79 Å². The standard InChI is InChI=1S/C13H17NO2/c1-10(2)11-3-5-12(6-4-11)14-7-8-16-9-13(14)15/h3-6,10H,7-9H2,1-2H3. The zero-order valence-corrected chi connectivity index (χ0v) is 9.77. The second-order valence-electron chi connectivity index (χ2n) is 4.34. The number of hydrogen-bond donors (Lipinski definition) is 0. The number of rotatable bonds is 2. The highest BCUT2D eigenvalue weighted by Gasteiger charge is 2.19. The van der Waals surface area contributed by atoms with Crippen LogP contribution in [0.4, 0.5) is 5.69 Å². The van der Waals surface area contributed by atoms with Crippen molar-refractivity contribution < 1.29 is 9.53 Å². The highest BCUT2D eigenvalue weighted by Crippen LogP contribution is 2.21. The number of amides is 1. The molecule has 1 saturated heterocycles. The fourth-order valence-corrected chi connectivity index (χ4v) is 1.83. The maximum absolute atomic E-state index is 11.6. The Morgan fingerprint density at radius 1 is 1.25 bits per heavy atom. The normalized spacial score (nSPS) is 16.9. The van der Waals surface area contributed by atoms with Crippen molar-refractivity contribution in [3.8, 4) is 0 Å². The lowest BCUT2D eigenvalue weighted by Gasteiger charge is -2.27. The SMILES string of the molecule is CC(C)c1ccc(N2CCOCC2=O)cc1. The zero-order valence-electron chi connectivity index (χ0n) is 9.77. The summed E-state index contributed by atoms with van der Waals surface area (Å²) >= 11 is 0. The first-order chi connectivity index (χ1) is 7.68. The molecule has 0 saturated carbocycles. The minimum Gasteiger partial charge on any atom is -0.370 e. The average Bonchev–Trinajstić information content (AvgIpc) is 2.30. The van der Waals surface area contributed by atoms with E-state index in [1.165, 1.54) is 5.56 Å². The van der Waals surface area contributed by atoms with Gasteiger partial charge in [0.1, 0.15) is 6.61 Å². The molecule has 0 spiro atoms. The van der Waals surface area contributed by atoms with Gasteiger partial charge in [0.2, 0.25) is 0 Å². The molecule has 2 rings (SSSR count). The maximum Gasteiger partial charge on any atom is 0.253 e. The molecule has 0 atom stereocenters. The summed E-state index contributed by atoms with van der Waals surface area (Å²) in [4.78, 5) is 13.4. The highest BCUT2D eigenvalue weighted by molar-refractivity contribution is 5.94. The molecule has 1 amide bonds. The number of carbonyl (C=O) groups excluding carboxylic acids is 1. The van der Waals surface area contributed by atoms with Gasteiger partial charge in [0.25, 0.3) is 5.91 Å². The van der Waals surface area contributed by atoms with Crippen LogP contribution in [0.1, 0.15) is 25.3 Å². The summed E-state index contributed by atoms with van der Waals surface area (Å²) in [6.07, 6.45) is 0. The van der Waals surface area contributed by atoms with Gasteiger partial charge in [-0.25, -0.2) is 0 Å². The van der Waals surface area contributed by atoms with Crippen LogP contribution in [-0.4, -0.2) is 25.7 Å². The van der Waals surface area contributed by atoms with Gasteiger partial charge in [-0.2, -0.15) is 0 Å². The maximum atomic E-state index is 11.6. The Bertz CT molecular complexity index is 370. The molecule has 0 bridgehead atoms. The van der Waals surface area contributed by atoms with Crippen molar-refractivity contribution >= 4 is 11.6 Å². The van der Waals surface area contributed by atoms with E-state index < -0.39 is 0 Å². The van der Waals surface area contributed by atoms with Gasteiger partial charge in [-0.05, 0) is 23.6 Å². The lowest BCUT2D eigenvalue weighted by molar-refractivity contribution is -0.125. The van der Waals surface area contributed by atoms with Crippen molar-refractivity contribution in [3.05, 3.63) is 29.8 Å². The van der Waals surface area contributed by atoms with Gasteiger partial charge in [0, 0.05) is 12.2 Å². The zero-order chi connectivity index (χ0) is 11.5. The molecule has 16 heavy (non-hydrogen) atoms. The number of ether oxygens (including phenoxy) is 1. The van der Waals surface area contributed by atoms with Crippen LogP contribution in [-0.2, 0) is 9.53 Å². The van der Waals surface area contributed by atoms with Crippen LogP contribution in [0.3, 0.4) is 0 Å². The van der Waals surface area contributed by atoms with E-state index in [-0.39, 0.29) is 12.5 Å². The Labute approximate surface area is 96.0 Å². The first-order valence-corrected chi connectivity index (χ1v) is 5.66. The lowest BCUT2D eigenvalue weighted by Crippen LogP contribution is -2.41. The van der Waals surface area contributed by atoms with Gasteiger partial charge in [-0.1, -0.05) is 26.0 Å². The molecule has 3 heteroatoms. The molecule has 1 aromatic rings. The summed E-state index contributed by atoms with van der Waals surface area (Å²) in [6.45, 7) is 5.80. The molecule has 0 radical (unpaired) electrons. The quantitative estimate of drug-likeness (QED) is 0.763. The lowest BCUT2D eigenvalue weighted by atomic mass is 10.0. The Balaban J connectivity index is 2.17. The summed E-state index contributed by atoms with van der Waals surface area (Å²) in [5.74, 6) is 0.568. The van der Waals surface area contributed by atoms with E-state index >= 15 is 0 Å². The third-order valence-corrected chi connectivity index (χ3v) is 2.86. The molecule has 1 heterocycles. The third-order valence-electron chi connectivity index (χ3n) is 2.86. The molecular weight excluding hydrogens is 202 g/mol. The molecule has 0 aromatic heterocycles. The fraction of sp³-hybridized carbons (Fsp3) is 0.462. The van der Waals surface area contributed by atoms with E-state index in [1.54, 1.807) is 4.90 Å². The number of morpholine rings is 1. The second-order valence-corrected chi connectivity index (χ2v) is 4.34. The Morgan fingerprint density at radius 2 is 1.94 bits per heavy atom. The van der Waals surface area contributed by atoms with E-state index in [2.05, 4.69) is 26.0 Å². The number of anilines is 1. The van der Waals surface area contributed by atoms with Crippen LogP contribution in [0.15, 0.2) is 24.3 Å². The molecule has 1 aliphatic heterocycles. The van der Waals surface area contributed by atoms with Gasteiger partial charge >= 0.3 is 0 Å². The predicted octanol–water partition coefficient (Wildman–Crippen LogP) is 2.17. The molecule has 0 N–H and O–H groups in total. The van der Waals surface area contributed by atoms with Gasteiger partial charge in [-0.15, -0.1) is 0 Å². The number of nitrogens with zero attached hydrogens (tertiary/aromatic N) is 1. The van der Waals surface area contributed by atoms with E-state index in [4.69, 9.17) is 4.74 Å². The van der Waals surface area contributed by atoms with Crippen LogP contribution in [0.5, 0.6) is 0 Å². The fourth-order valence-electron chi connectivity index (χ4n) is 1.83. The molecule has 1 aliphatic rings. The van der Waals surface area contributed by atoms with Gasteiger partial charge in [0.05, 0.1) is 6.61 Å². The molecule has 0 unspecified atom stereocenters. The number of benzene rings is 1. The van der Waals surface area contributed by atoms with Crippen molar-refractivity contribution in [1.82, 2.24) is 0 Å². The predicted molar refractivity (Wildman–Crippen MR) is 63.7 cm³/mol. The summed E-state index contributed by atoms with van der Waals surface area (Å²) in [6, 6.07) is 8.20. The van der Waals surface area contributed by atoms with Crippen molar-refractivity contribution in [1.29, 1.82) is 0 Å². The minimum atomic E-state index is 0.0450. The van der Waals surface area contributed by atoms with Crippen LogP contribution < -0.4 is 4.90 Å². The molecule has 0 aliphatic carbocycles. The summed E-state index contributed by atoms with van der Waals surface area (Å²) in [5.41, 5.74) is 2.27. The monoisotopic (exact) mass is 219 g/mol. The van der Waals surface area contributed by atoms with Crippen molar-refractivity contribution in [3.63, 3.8) is 0 Å². The van der Waals surface area contributed by atoms with Crippen LogP contribution in [0.25, 0.3) is 0 Å². The van der Waals surface area contributed by atoms with Crippen LogP contribution in [0.2, 0.25) is 0 Å². The third kappa shape index (κ3) is 2.25. The number of hydrogen-bond acceptors (Lipinski definition) is 2. The topological polar surface area (TPSA) is 29.5 Å². The minimum absolute atomic E-state index is 0.0450. The Morgan fingerprint density at radius 3 is 2.50 bits per heavy atom. The van der Waals surface area contributed by atoms with Crippen molar-refractivity contribution in [2.24, 2.45) is 0 Å². The first kappa shape index (κ1) is 11.1. The highest BCUT2D eigenvalue weighted by atomic mass is 16.5. The van der Waals surface area contributed by atoms with Gasteiger partial charge in [-0.3, -0.25) is 4.79 Å². The average molecular weight is 219 g/mol.